The van der Waals surface area contributed by atoms with Gasteiger partial charge in [-0.05, 0) is 52.3 Å². The van der Waals surface area contributed by atoms with Crippen LogP contribution in [0.15, 0.2) is 63.0 Å². The summed E-state index contributed by atoms with van der Waals surface area (Å²) in [6.45, 7) is 5.55. The van der Waals surface area contributed by atoms with E-state index in [1.165, 1.54) is 6.92 Å². The van der Waals surface area contributed by atoms with Gasteiger partial charge in [-0.1, -0.05) is 28.6 Å². The van der Waals surface area contributed by atoms with Crippen LogP contribution in [0.2, 0.25) is 0 Å². The summed E-state index contributed by atoms with van der Waals surface area (Å²) in [4.78, 5) is 15.5. The molecule has 2 rings (SSSR count). The maximum Gasteiger partial charge on any atom is 0.221 e. The van der Waals surface area contributed by atoms with E-state index in [9.17, 15) is 4.79 Å². The molecule has 0 aromatic heterocycles. The Hall–Kier alpha value is -1.92. The maximum atomic E-state index is 11.0. The molecule has 0 bridgehead atoms. The Morgan fingerprint density at radius 1 is 1.29 bits per heavy atom. The minimum absolute atomic E-state index is 0.103. The summed E-state index contributed by atoms with van der Waals surface area (Å²) in [5.41, 5.74) is 2.35. The molecule has 124 valence electrons. The van der Waals surface area contributed by atoms with Crippen LogP contribution < -0.4 is 10.1 Å². The SMILES string of the molecule is C=CCOc1c(Br)cc(Br)cc1C=Nc1ccc(NC(C)=O)cc1. The molecule has 2 aromatic rings. The fraction of sp³-hybridized carbons (Fsp3) is 0.111. The number of benzene rings is 2. The summed E-state index contributed by atoms with van der Waals surface area (Å²) >= 11 is 6.96. The largest absolute Gasteiger partial charge is 0.488 e. The Morgan fingerprint density at radius 2 is 2.00 bits per heavy atom. The molecule has 0 atom stereocenters. The zero-order chi connectivity index (χ0) is 17.5. The highest BCUT2D eigenvalue weighted by molar-refractivity contribution is 9.11. The number of aliphatic imine (C=N–C) groups is 1. The first kappa shape index (κ1) is 18.4. The third-order valence-electron chi connectivity index (χ3n) is 2.92. The first-order chi connectivity index (χ1) is 11.5. The summed E-state index contributed by atoms with van der Waals surface area (Å²) in [5, 5.41) is 2.72. The summed E-state index contributed by atoms with van der Waals surface area (Å²) in [5.74, 6) is 0.603. The summed E-state index contributed by atoms with van der Waals surface area (Å²) in [6.07, 6.45) is 3.43. The highest BCUT2D eigenvalue weighted by Crippen LogP contribution is 2.32. The number of nitrogens with zero attached hydrogens (tertiary/aromatic N) is 1. The van der Waals surface area contributed by atoms with Gasteiger partial charge in [0, 0.05) is 28.9 Å². The Balaban J connectivity index is 2.24. The first-order valence-corrected chi connectivity index (χ1v) is 8.72. The number of anilines is 1. The van der Waals surface area contributed by atoms with Crippen LogP contribution in [0.4, 0.5) is 11.4 Å². The fourth-order valence-electron chi connectivity index (χ4n) is 1.95. The molecular formula is C18H16Br2N2O2. The molecular weight excluding hydrogens is 436 g/mol. The predicted molar refractivity (Wildman–Crippen MR) is 106 cm³/mol. The zero-order valence-electron chi connectivity index (χ0n) is 13.1. The van der Waals surface area contributed by atoms with Crippen molar-refractivity contribution in [2.45, 2.75) is 6.92 Å². The molecule has 0 saturated heterocycles. The van der Waals surface area contributed by atoms with Crippen molar-refractivity contribution < 1.29 is 9.53 Å². The lowest BCUT2D eigenvalue weighted by atomic mass is 10.2. The van der Waals surface area contributed by atoms with Gasteiger partial charge in [0.15, 0.2) is 0 Å². The molecule has 4 nitrogen and oxygen atoms in total. The number of nitrogens with one attached hydrogen (secondary N) is 1. The average Bonchev–Trinajstić information content (AvgIpc) is 2.52. The quantitative estimate of drug-likeness (QED) is 0.466. The normalized spacial score (nSPS) is 10.6. The molecule has 0 aliphatic carbocycles. The van der Waals surface area contributed by atoms with Gasteiger partial charge in [0.05, 0.1) is 10.2 Å². The number of hydrogen-bond donors (Lipinski definition) is 1. The third kappa shape index (κ3) is 5.32. The van der Waals surface area contributed by atoms with Crippen molar-refractivity contribution in [1.29, 1.82) is 0 Å². The van der Waals surface area contributed by atoms with E-state index < -0.39 is 0 Å². The minimum atomic E-state index is -0.103. The van der Waals surface area contributed by atoms with E-state index in [0.29, 0.717) is 12.4 Å². The molecule has 0 spiro atoms. The number of hydrogen-bond acceptors (Lipinski definition) is 3. The Morgan fingerprint density at radius 3 is 2.62 bits per heavy atom. The van der Waals surface area contributed by atoms with Crippen molar-refractivity contribution >= 4 is 55.4 Å². The molecule has 0 unspecified atom stereocenters. The van der Waals surface area contributed by atoms with Crippen LogP contribution in [0.25, 0.3) is 0 Å². The van der Waals surface area contributed by atoms with Crippen LogP contribution >= 0.6 is 31.9 Å². The molecule has 24 heavy (non-hydrogen) atoms. The van der Waals surface area contributed by atoms with E-state index in [4.69, 9.17) is 4.74 Å². The lowest BCUT2D eigenvalue weighted by molar-refractivity contribution is -0.114. The number of rotatable bonds is 6. The van der Waals surface area contributed by atoms with Gasteiger partial charge in [0.2, 0.25) is 5.91 Å². The number of halogens is 2. The number of amides is 1. The van der Waals surface area contributed by atoms with Gasteiger partial charge in [-0.2, -0.15) is 0 Å². The Bertz CT molecular complexity index is 771. The minimum Gasteiger partial charge on any atom is -0.488 e. The predicted octanol–water partition coefficient (Wildman–Crippen LogP) is 5.49. The lowest BCUT2D eigenvalue weighted by Gasteiger charge is -2.10. The average molecular weight is 452 g/mol. The zero-order valence-corrected chi connectivity index (χ0v) is 16.2. The van der Waals surface area contributed by atoms with Crippen LogP contribution in [-0.4, -0.2) is 18.7 Å². The van der Waals surface area contributed by atoms with Crippen LogP contribution in [0.1, 0.15) is 12.5 Å². The highest BCUT2D eigenvalue weighted by atomic mass is 79.9. The van der Waals surface area contributed by atoms with Crippen molar-refractivity contribution in [3.05, 3.63) is 63.6 Å². The highest BCUT2D eigenvalue weighted by Gasteiger charge is 2.08. The standard InChI is InChI=1S/C18H16Br2N2O2/c1-3-8-24-18-13(9-14(19)10-17(18)20)11-21-15-4-6-16(7-5-15)22-12(2)23/h3-7,9-11H,1,8H2,2H3,(H,22,23). The summed E-state index contributed by atoms with van der Waals surface area (Å²) in [7, 11) is 0. The van der Waals surface area contributed by atoms with Gasteiger partial charge in [0.25, 0.3) is 0 Å². The molecule has 0 aliphatic rings. The van der Waals surface area contributed by atoms with Crippen LogP contribution in [0.5, 0.6) is 5.75 Å². The maximum absolute atomic E-state index is 11.0. The van der Waals surface area contributed by atoms with Crippen LogP contribution in [-0.2, 0) is 4.79 Å². The van der Waals surface area contributed by atoms with Gasteiger partial charge in [-0.25, -0.2) is 0 Å². The second kappa shape index (κ2) is 8.80. The van der Waals surface area contributed by atoms with Crippen molar-refractivity contribution in [3.8, 4) is 5.75 Å². The van der Waals surface area contributed by atoms with E-state index in [1.807, 2.05) is 24.3 Å². The Kier molecular flexibility index (Phi) is 6.75. The van der Waals surface area contributed by atoms with Crippen LogP contribution in [0, 0.1) is 0 Å². The molecule has 0 saturated carbocycles. The number of carbonyl (C=O) groups excluding carboxylic acids is 1. The third-order valence-corrected chi connectivity index (χ3v) is 3.97. The second-order valence-electron chi connectivity index (χ2n) is 4.89. The monoisotopic (exact) mass is 450 g/mol. The molecule has 1 N–H and O–H groups in total. The van der Waals surface area contributed by atoms with E-state index in [2.05, 4.69) is 48.7 Å². The molecule has 0 heterocycles. The van der Waals surface area contributed by atoms with Crippen molar-refractivity contribution in [2.75, 3.05) is 11.9 Å². The molecule has 2 aromatic carbocycles. The number of carbonyl (C=O) groups is 1. The van der Waals surface area contributed by atoms with Crippen LogP contribution in [0.3, 0.4) is 0 Å². The fourth-order valence-corrected chi connectivity index (χ4v) is 3.32. The van der Waals surface area contributed by atoms with E-state index in [-0.39, 0.29) is 5.91 Å². The Labute approximate surface area is 157 Å². The molecule has 1 amide bonds. The smallest absolute Gasteiger partial charge is 0.221 e. The van der Waals surface area contributed by atoms with Gasteiger partial charge in [-0.3, -0.25) is 9.79 Å². The molecule has 0 radical (unpaired) electrons. The van der Waals surface area contributed by atoms with Crippen molar-refractivity contribution in [1.82, 2.24) is 0 Å². The first-order valence-electron chi connectivity index (χ1n) is 7.14. The van der Waals surface area contributed by atoms with Gasteiger partial charge in [0.1, 0.15) is 12.4 Å². The van der Waals surface area contributed by atoms with Crippen molar-refractivity contribution in [2.24, 2.45) is 4.99 Å². The molecule has 0 fully saturated rings. The molecule has 0 aliphatic heterocycles. The topological polar surface area (TPSA) is 50.7 Å². The second-order valence-corrected chi connectivity index (χ2v) is 6.66. The molecule has 6 heteroatoms. The van der Waals surface area contributed by atoms with Gasteiger partial charge in [-0.15, -0.1) is 0 Å². The number of ether oxygens (including phenoxy) is 1. The van der Waals surface area contributed by atoms with E-state index in [0.717, 1.165) is 25.9 Å². The van der Waals surface area contributed by atoms with E-state index in [1.54, 1.807) is 24.4 Å². The van der Waals surface area contributed by atoms with E-state index >= 15 is 0 Å². The van der Waals surface area contributed by atoms with Crippen molar-refractivity contribution in [3.63, 3.8) is 0 Å². The summed E-state index contributed by atoms with van der Waals surface area (Å²) in [6, 6.07) is 11.1. The lowest BCUT2D eigenvalue weighted by Crippen LogP contribution is -2.04. The van der Waals surface area contributed by atoms with Gasteiger partial charge >= 0.3 is 0 Å². The van der Waals surface area contributed by atoms with Gasteiger partial charge < -0.3 is 10.1 Å². The summed E-state index contributed by atoms with van der Waals surface area (Å²) < 4.78 is 7.45.